The zero-order chi connectivity index (χ0) is 16.6. The predicted octanol–water partition coefficient (Wildman–Crippen LogP) is 3.26. The Bertz CT molecular complexity index is 804. The molecule has 2 amide bonds. The molecule has 3 rings (SSSR count). The molecular formula is C17H15ClN2O3. The number of benzene rings is 2. The van der Waals surface area contributed by atoms with Gasteiger partial charge in [0.2, 0.25) is 0 Å². The van der Waals surface area contributed by atoms with Gasteiger partial charge in [0.1, 0.15) is 0 Å². The lowest BCUT2D eigenvalue weighted by Gasteiger charge is -2.18. The molecule has 2 N–H and O–H groups in total. The van der Waals surface area contributed by atoms with E-state index in [1.807, 2.05) is 6.92 Å². The lowest BCUT2D eigenvalue weighted by Crippen LogP contribution is -2.30. The molecule has 0 radical (unpaired) electrons. The monoisotopic (exact) mass is 330 g/mol. The van der Waals surface area contributed by atoms with E-state index in [-0.39, 0.29) is 12.5 Å². The van der Waals surface area contributed by atoms with Gasteiger partial charge in [-0.1, -0.05) is 11.6 Å². The first-order valence-electron chi connectivity index (χ1n) is 7.17. The van der Waals surface area contributed by atoms with Crippen molar-refractivity contribution in [3.8, 4) is 0 Å². The minimum absolute atomic E-state index is 0.269. The van der Waals surface area contributed by atoms with Crippen LogP contribution in [0.15, 0.2) is 36.4 Å². The number of carbonyl (C=O) groups is 2. The summed E-state index contributed by atoms with van der Waals surface area (Å²) >= 11 is 5.93. The van der Waals surface area contributed by atoms with E-state index >= 15 is 0 Å². The van der Waals surface area contributed by atoms with Gasteiger partial charge in [-0.25, -0.2) is 4.90 Å². The molecule has 118 valence electrons. The molecule has 5 nitrogen and oxygen atoms in total. The van der Waals surface area contributed by atoms with Gasteiger partial charge in [-0.2, -0.15) is 0 Å². The number of ether oxygens (including phenoxy) is 1. The highest BCUT2D eigenvalue weighted by Gasteiger charge is 2.37. The number of rotatable bonds is 4. The summed E-state index contributed by atoms with van der Waals surface area (Å²) in [6, 6.07) is 9.70. The largest absolute Gasteiger partial charge is 0.399 e. The number of hydrogen-bond acceptors (Lipinski definition) is 4. The maximum Gasteiger partial charge on any atom is 0.266 e. The average molecular weight is 331 g/mol. The molecular weight excluding hydrogens is 316 g/mol. The molecule has 6 heteroatoms. The van der Waals surface area contributed by atoms with Gasteiger partial charge < -0.3 is 10.5 Å². The number of amides is 2. The van der Waals surface area contributed by atoms with Gasteiger partial charge in [-0.3, -0.25) is 9.59 Å². The Morgan fingerprint density at radius 2 is 1.83 bits per heavy atom. The minimum Gasteiger partial charge on any atom is -0.399 e. The molecule has 0 saturated heterocycles. The second kappa shape index (κ2) is 6.02. The van der Waals surface area contributed by atoms with E-state index in [0.717, 1.165) is 4.90 Å². The quantitative estimate of drug-likeness (QED) is 0.690. The Kier molecular flexibility index (Phi) is 4.07. The van der Waals surface area contributed by atoms with Gasteiger partial charge in [-0.05, 0) is 43.3 Å². The lowest BCUT2D eigenvalue weighted by molar-refractivity contribution is 0.0924. The van der Waals surface area contributed by atoms with Crippen molar-refractivity contribution in [2.75, 3.05) is 17.2 Å². The van der Waals surface area contributed by atoms with Crippen molar-refractivity contribution in [1.82, 2.24) is 0 Å². The molecule has 0 unspecified atom stereocenters. The highest BCUT2D eigenvalue weighted by Crippen LogP contribution is 2.33. The number of hydrogen-bond donors (Lipinski definition) is 1. The van der Waals surface area contributed by atoms with Crippen LogP contribution in [0, 0.1) is 0 Å². The first kappa shape index (κ1) is 15.5. The maximum absolute atomic E-state index is 12.6. The van der Waals surface area contributed by atoms with Crippen LogP contribution >= 0.6 is 11.6 Å². The van der Waals surface area contributed by atoms with E-state index in [9.17, 15) is 9.59 Å². The van der Waals surface area contributed by atoms with Crippen molar-refractivity contribution in [2.45, 2.75) is 13.5 Å². The normalized spacial score (nSPS) is 13.6. The number of nitrogens with two attached hydrogens (primary N) is 1. The topological polar surface area (TPSA) is 72.6 Å². The number of anilines is 2. The van der Waals surface area contributed by atoms with E-state index in [0.29, 0.717) is 39.7 Å². The Labute approximate surface area is 138 Å². The number of nitrogens with zero attached hydrogens (tertiary/aromatic N) is 1. The fourth-order valence-corrected chi connectivity index (χ4v) is 2.76. The van der Waals surface area contributed by atoms with Gasteiger partial charge in [-0.15, -0.1) is 0 Å². The molecule has 0 aliphatic carbocycles. The van der Waals surface area contributed by atoms with Crippen molar-refractivity contribution >= 4 is 34.8 Å². The fraction of sp³-hybridized carbons (Fsp3) is 0.176. The van der Waals surface area contributed by atoms with Crippen LogP contribution in [0.1, 0.15) is 33.2 Å². The number of halogens is 1. The fourth-order valence-electron chi connectivity index (χ4n) is 2.58. The van der Waals surface area contributed by atoms with E-state index in [4.69, 9.17) is 22.1 Å². The SMILES string of the molecule is CCOCc1cc(N)ccc1N1C(=O)c2ccc(Cl)cc2C1=O. The van der Waals surface area contributed by atoms with Crippen LogP contribution in [0.5, 0.6) is 0 Å². The van der Waals surface area contributed by atoms with Crippen molar-refractivity contribution in [3.63, 3.8) is 0 Å². The maximum atomic E-state index is 12.6. The van der Waals surface area contributed by atoms with Gasteiger partial charge in [0.25, 0.3) is 11.8 Å². The van der Waals surface area contributed by atoms with Gasteiger partial charge in [0, 0.05) is 22.9 Å². The van der Waals surface area contributed by atoms with Crippen molar-refractivity contribution < 1.29 is 14.3 Å². The molecule has 0 spiro atoms. The van der Waals surface area contributed by atoms with E-state index in [1.165, 1.54) is 6.07 Å². The van der Waals surface area contributed by atoms with Crippen LogP contribution < -0.4 is 10.6 Å². The Morgan fingerprint density at radius 1 is 1.09 bits per heavy atom. The van der Waals surface area contributed by atoms with Crippen LogP contribution in [0.3, 0.4) is 0 Å². The van der Waals surface area contributed by atoms with Crippen LogP contribution in [0.2, 0.25) is 5.02 Å². The average Bonchev–Trinajstić information content (AvgIpc) is 2.77. The lowest BCUT2D eigenvalue weighted by atomic mass is 10.1. The second-order valence-electron chi connectivity index (χ2n) is 5.16. The number of fused-ring (bicyclic) bond motifs is 1. The summed E-state index contributed by atoms with van der Waals surface area (Å²) < 4.78 is 5.42. The summed E-state index contributed by atoms with van der Waals surface area (Å²) in [7, 11) is 0. The van der Waals surface area contributed by atoms with E-state index < -0.39 is 5.91 Å². The first-order valence-corrected chi connectivity index (χ1v) is 7.55. The summed E-state index contributed by atoms with van der Waals surface area (Å²) in [5.41, 5.74) is 8.18. The van der Waals surface area contributed by atoms with Gasteiger partial charge in [0.15, 0.2) is 0 Å². The van der Waals surface area contributed by atoms with Gasteiger partial charge >= 0.3 is 0 Å². The molecule has 0 aromatic heterocycles. The molecule has 2 aromatic rings. The summed E-state index contributed by atoms with van der Waals surface area (Å²) in [6.07, 6.45) is 0. The van der Waals surface area contributed by atoms with Crippen molar-refractivity contribution in [2.24, 2.45) is 0 Å². The summed E-state index contributed by atoms with van der Waals surface area (Å²) in [5, 5.41) is 0.415. The Hall–Kier alpha value is -2.37. The van der Waals surface area contributed by atoms with Crippen LogP contribution in [0.4, 0.5) is 11.4 Å². The molecule has 1 aliphatic rings. The van der Waals surface area contributed by atoms with E-state index in [1.54, 1.807) is 30.3 Å². The number of carbonyl (C=O) groups excluding carboxylic acids is 2. The van der Waals surface area contributed by atoms with Crippen LogP contribution in [-0.2, 0) is 11.3 Å². The minimum atomic E-state index is -0.394. The number of nitrogen functional groups attached to an aromatic ring is 1. The van der Waals surface area contributed by atoms with Gasteiger partial charge in [0.05, 0.1) is 23.4 Å². The Morgan fingerprint density at radius 3 is 2.57 bits per heavy atom. The molecule has 0 atom stereocenters. The zero-order valence-electron chi connectivity index (χ0n) is 12.5. The van der Waals surface area contributed by atoms with E-state index in [2.05, 4.69) is 0 Å². The summed E-state index contributed by atoms with van der Waals surface area (Å²) in [5.74, 6) is -0.765. The second-order valence-corrected chi connectivity index (χ2v) is 5.60. The molecule has 23 heavy (non-hydrogen) atoms. The number of imide groups is 1. The zero-order valence-corrected chi connectivity index (χ0v) is 13.3. The molecule has 0 saturated carbocycles. The van der Waals surface area contributed by atoms with Crippen LogP contribution in [-0.4, -0.2) is 18.4 Å². The predicted molar refractivity (Wildman–Crippen MR) is 88.8 cm³/mol. The highest BCUT2D eigenvalue weighted by atomic mass is 35.5. The van der Waals surface area contributed by atoms with Crippen LogP contribution in [0.25, 0.3) is 0 Å². The molecule has 0 bridgehead atoms. The standard InChI is InChI=1S/C17H15ClN2O3/c1-2-23-9-10-7-12(19)4-6-15(10)20-16(21)13-5-3-11(18)8-14(13)17(20)22/h3-8H,2,9,19H2,1H3. The highest BCUT2D eigenvalue weighted by molar-refractivity contribution is 6.36. The summed E-state index contributed by atoms with van der Waals surface area (Å²) in [6.45, 7) is 2.66. The third-order valence-corrected chi connectivity index (χ3v) is 3.89. The molecule has 1 aliphatic heterocycles. The molecule has 1 heterocycles. The first-order chi connectivity index (χ1) is 11.0. The van der Waals surface area contributed by atoms with Crippen molar-refractivity contribution in [3.05, 3.63) is 58.1 Å². The third kappa shape index (κ3) is 2.69. The third-order valence-electron chi connectivity index (χ3n) is 3.65. The Balaban J connectivity index is 2.06. The molecule has 0 fully saturated rings. The summed E-state index contributed by atoms with van der Waals surface area (Å²) in [4.78, 5) is 26.4. The molecule has 2 aromatic carbocycles. The smallest absolute Gasteiger partial charge is 0.266 e. The van der Waals surface area contributed by atoms with Crippen molar-refractivity contribution in [1.29, 1.82) is 0 Å².